The van der Waals surface area contributed by atoms with Crippen LogP contribution >= 0.6 is 11.8 Å². The average molecular weight is 237 g/mol. The van der Waals surface area contributed by atoms with Crippen molar-refractivity contribution in [3.8, 4) is 6.07 Å². The van der Waals surface area contributed by atoms with E-state index in [9.17, 15) is 4.79 Å². The minimum absolute atomic E-state index is 0.0338. The summed E-state index contributed by atoms with van der Waals surface area (Å²) in [6.07, 6.45) is 3.66. The van der Waals surface area contributed by atoms with Gasteiger partial charge in [0.05, 0.1) is 6.07 Å². The Hall–Kier alpha value is -0.990. The minimum atomic E-state index is -0.393. The van der Waals surface area contributed by atoms with Gasteiger partial charge in [-0.3, -0.25) is 10.1 Å². The molecular weight excluding hydrogens is 222 g/mol. The largest absolute Gasteiger partial charge is 0.318 e. The summed E-state index contributed by atoms with van der Waals surface area (Å²) in [7, 11) is 0. The van der Waals surface area contributed by atoms with Gasteiger partial charge in [0, 0.05) is 17.2 Å². The molecule has 2 aliphatic rings. The molecule has 0 spiro atoms. The standard InChI is InChI=1S/C11H15N3OS/c1-11(2)9(13-7-16-11)10(15)14-5-3-4-8(14)6-12/h3-4,8-9,13H,5,7H2,1-2H3. The fourth-order valence-corrected chi connectivity index (χ4v) is 3.02. The first-order chi connectivity index (χ1) is 7.56. The Morgan fingerprint density at radius 3 is 3.00 bits per heavy atom. The van der Waals surface area contributed by atoms with Gasteiger partial charge < -0.3 is 4.90 Å². The summed E-state index contributed by atoms with van der Waals surface area (Å²) in [6.45, 7) is 4.67. The summed E-state index contributed by atoms with van der Waals surface area (Å²) in [5.74, 6) is 0.827. The van der Waals surface area contributed by atoms with E-state index >= 15 is 0 Å². The molecule has 0 aromatic carbocycles. The summed E-state index contributed by atoms with van der Waals surface area (Å²) in [4.78, 5) is 13.9. The first-order valence-electron chi connectivity index (χ1n) is 5.30. The van der Waals surface area contributed by atoms with E-state index < -0.39 is 6.04 Å². The average Bonchev–Trinajstić information content (AvgIpc) is 2.82. The van der Waals surface area contributed by atoms with Crippen molar-refractivity contribution in [1.29, 1.82) is 5.26 Å². The molecule has 0 radical (unpaired) electrons. The predicted molar refractivity (Wildman–Crippen MR) is 63.7 cm³/mol. The van der Waals surface area contributed by atoms with E-state index in [-0.39, 0.29) is 16.7 Å². The number of hydrogen-bond acceptors (Lipinski definition) is 4. The molecule has 0 bridgehead atoms. The number of thioether (sulfide) groups is 1. The van der Waals surface area contributed by atoms with E-state index in [0.29, 0.717) is 6.54 Å². The third-order valence-corrected chi connectivity index (χ3v) is 4.34. The molecule has 16 heavy (non-hydrogen) atoms. The quantitative estimate of drug-likeness (QED) is 0.683. The molecule has 1 saturated heterocycles. The zero-order valence-corrected chi connectivity index (χ0v) is 10.3. The highest BCUT2D eigenvalue weighted by Gasteiger charge is 2.43. The highest BCUT2D eigenvalue weighted by Crippen LogP contribution is 2.34. The first kappa shape index (κ1) is 11.5. The topological polar surface area (TPSA) is 56.1 Å². The van der Waals surface area contributed by atoms with Gasteiger partial charge in [0.15, 0.2) is 0 Å². The van der Waals surface area contributed by atoms with Gasteiger partial charge in [0.1, 0.15) is 12.1 Å². The number of nitrogens with one attached hydrogen (secondary N) is 1. The highest BCUT2D eigenvalue weighted by molar-refractivity contribution is 8.00. The van der Waals surface area contributed by atoms with Crippen LogP contribution in [0, 0.1) is 11.3 Å². The predicted octanol–water partition coefficient (Wildman–Crippen LogP) is 0.718. The molecule has 0 saturated carbocycles. The van der Waals surface area contributed by atoms with Crippen molar-refractivity contribution in [3.63, 3.8) is 0 Å². The van der Waals surface area contributed by atoms with E-state index in [4.69, 9.17) is 5.26 Å². The van der Waals surface area contributed by atoms with Gasteiger partial charge in [-0.15, -0.1) is 11.8 Å². The Morgan fingerprint density at radius 2 is 2.44 bits per heavy atom. The van der Waals surface area contributed by atoms with Crippen molar-refractivity contribution in [1.82, 2.24) is 10.2 Å². The van der Waals surface area contributed by atoms with Gasteiger partial charge >= 0.3 is 0 Å². The van der Waals surface area contributed by atoms with Gasteiger partial charge in [-0.25, -0.2) is 0 Å². The maximum Gasteiger partial charge on any atom is 0.242 e. The Labute approximate surface area is 99.7 Å². The molecule has 86 valence electrons. The molecule has 1 fully saturated rings. The van der Waals surface area contributed by atoms with Crippen molar-refractivity contribution < 1.29 is 4.79 Å². The van der Waals surface area contributed by atoms with Crippen molar-refractivity contribution in [2.75, 3.05) is 12.4 Å². The van der Waals surface area contributed by atoms with Crippen molar-refractivity contribution in [2.45, 2.75) is 30.7 Å². The van der Waals surface area contributed by atoms with E-state index in [1.807, 2.05) is 6.08 Å². The third-order valence-electron chi connectivity index (χ3n) is 3.05. The number of nitriles is 1. The van der Waals surface area contributed by atoms with Crippen LogP contribution in [0.2, 0.25) is 0 Å². The molecular formula is C11H15N3OS. The van der Waals surface area contributed by atoms with Gasteiger partial charge in [-0.1, -0.05) is 6.08 Å². The molecule has 2 rings (SSSR count). The smallest absolute Gasteiger partial charge is 0.242 e. The Morgan fingerprint density at radius 1 is 1.69 bits per heavy atom. The van der Waals surface area contributed by atoms with E-state index in [1.165, 1.54) is 0 Å². The zero-order valence-electron chi connectivity index (χ0n) is 9.43. The lowest BCUT2D eigenvalue weighted by Crippen LogP contribution is -2.52. The molecule has 1 N–H and O–H groups in total. The molecule has 0 aromatic heterocycles. The number of amides is 1. The van der Waals surface area contributed by atoms with Crippen molar-refractivity contribution >= 4 is 17.7 Å². The molecule has 2 unspecified atom stereocenters. The molecule has 2 aliphatic heterocycles. The molecule has 0 aromatic rings. The Balaban J connectivity index is 2.12. The van der Waals surface area contributed by atoms with Crippen LogP contribution in [0.5, 0.6) is 0 Å². The van der Waals surface area contributed by atoms with Gasteiger partial charge in [0.2, 0.25) is 5.91 Å². The van der Waals surface area contributed by atoms with Crippen molar-refractivity contribution in [3.05, 3.63) is 12.2 Å². The van der Waals surface area contributed by atoms with E-state index in [0.717, 1.165) is 5.88 Å². The SMILES string of the molecule is CC1(C)SCNC1C(=O)N1CC=CC1C#N. The maximum absolute atomic E-state index is 12.3. The summed E-state index contributed by atoms with van der Waals surface area (Å²) < 4.78 is -0.0975. The Kier molecular flexibility index (Phi) is 2.96. The molecule has 1 amide bonds. The fraction of sp³-hybridized carbons (Fsp3) is 0.636. The van der Waals surface area contributed by atoms with Crippen molar-refractivity contribution in [2.24, 2.45) is 0 Å². The molecule has 5 heteroatoms. The lowest BCUT2D eigenvalue weighted by Gasteiger charge is -2.30. The second-order valence-corrected chi connectivity index (χ2v) is 6.15. The van der Waals surface area contributed by atoms with Crippen LogP contribution in [-0.2, 0) is 4.79 Å². The minimum Gasteiger partial charge on any atom is -0.318 e. The van der Waals surface area contributed by atoms with Crippen LogP contribution in [0.3, 0.4) is 0 Å². The van der Waals surface area contributed by atoms with Crippen LogP contribution in [-0.4, -0.2) is 40.1 Å². The number of carbonyl (C=O) groups excluding carboxylic acids is 1. The molecule has 2 heterocycles. The third kappa shape index (κ3) is 1.83. The monoisotopic (exact) mass is 237 g/mol. The summed E-state index contributed by atoms with van der Waals surface area (Å²) in [6, 6.07) is 1.55. The summed E-state index contributed by atoms with van der Waals surface area (Å²) in [5.41, 5.74) is 0. The maximum atomic E-state index is 12.3. The zero-order chi connectivity index (χ0) is 11.8. The number of nitrogens with zero attached hydrogens (tertiary/aromatic N) is 2. The lowest BCUT2D eigenvalue weighted by molar-refractivity contribution is -0.133. The van der Waals surface area contributed by atoms with E-state index in [1.54, 1.807) is 22.7 Å². The van der Waals surface area contributed by atoms with Gasteiger partial charge in [-0.05, 0) is 19.9 Å². The van der Waals surface area contributed by atoms with Crippen LogP contribution in [0.15, 0.2) is 12.2 Å². The summed E-state index contributed by atoms with van der Waals surface area (Å²) >= 11 is 1.74. The number of hydrogen-bond donors (Lipinski definition) is 1. The number of carbonyl (C=O) groups is 1. The second kappa shape index (κ2) is 4.11. The molecule has 0 aliphatic carbocycles. The first-order valence-corrected chi connectivity index (χ1v) is 6.29. The van der Waals surface area contributed by atoms with Crippen LogP contribution in [0.25, 0.3) is 0 Å². The fourth-order valence-electron chi connectivity index (χ4n) is 2.05. The molecule has 4 nitrogen and oxygen atoms in total. The lowest BCUT2D eigenvalue weighted by atomic mass is 10.0. The highest BCUT2D eigenvalue weighted by atomic mass is 32.2. The summed E-state index contributed by atoms with van der Waals surface area (Å²) in [5, 5.41) is 12.1. The second-order valence-electron chi connectivity index (χ2n) is 4.52. The van der Waals surface area contributed by atoms with Crippen LogP contribution in [0.4, 0.5) is 0 Å². The normalized spacial score (nSPS) is 31.7. The van der Waals surface area contributed by atoms with Gasteiger partial charge in [-0.2, -0.15) is 5.26 Å². The van der Waals surface area contributed by atoms with Gasteiger partial charge in [0.25, 0.3) is 0 Å². The number of rotatable bonds is 1. The molecule has 2 atom stereocenters. The van der Waals surface area contributed by atoms with E-state index in [2.05, 4.69) is 25.2 Å². The van der Waals surface area contributed by atoms with Crippen LogP contribution in [0.1, 0.15) is 13.8 Å². The Bertz CT molecular complexity index is 372. The van der Waals surface area contributed by atoms with Crippen LogP contribution < -0.4 is 5.32 Å².